The van der Waals surface area contributed by atoms with E-state index in [1.165, 1.54) is 6.07 Å². The van der Waals surface area contributed by atoms with Gasteiger partial charge in [0.15, 0.2) is 0 Å². The van der Waals surface area contributed by atoms with E-state index in [2.05, 4.69) is 19.9 Å². The van der Waals surface area contributed by atoms with Crippen molar-refractivity contribution in [3.8, 4) is 11.6 Å². The number of hydrogen-bond acceptors (Lipinski definition) is 7. The second-order valence-electron chi connectivity index (χ2n) is 8.40. The highest BCUT2D eigenvalue weighted by Gasteiger charge is 2.26. The van der Waals surface area contributed by atoms with Crippen LogP contribution in [0.25, 0.3) is 0 Å². The average Bonchev–Trinajstić information content (AvgIpc) is 3.17. The Hall–Kier alpha value is -3.50. The first-order chi connectivity index (χ1) is 16.7. The molecule has 2 aliphatic rings. The summed E-state index contributed by atoms with van der Waals surface area (Å²) in [6.45, 7) is 3.15. The lowest BCUT2D eigenvalue weighted by Crippen LogP contribution is -2.28. The highest BCUT2D eigenvalue weighted by atomic mass is 35.5. The van der Waals surface area contributed by atoms with Gasteiger partial charge in [0.25, 0.3) is 10.0 Å². The van der Waals surface area contributed by atoms with Crippen molar-refractivity contribution in [1.29, 1.82) is 0 Å². The molecule has 0 atom stereocenters. The molecule has 182 valence electrons. The molecule has 2 aromatic carbocycles. The first-order valence-electron chi connectivity index (χ1n) is 10.9. The van der Waals surface area contributed by atoms with Crippen LogP contribution < -0.4 is 24.4 Å². The molecule has 0 unspecified atom stereocenters. The zero-order valence-corrected chi connectivity index (χ0v) is 20.7. The van der Waals surface area contributed by atoms with E-state index in [9.17, 15) is 13.2 Å². The Morgan fingerprint density at radius 1 is 1.26 bits per heavy atom. The van der Waals surface area contributed by atoms with Gasteiger partial charge in [0.2, 0.25) is 11.8 Å². The summed E-state index contributed by atoms with van der Waals surface area (Å²) in [5.41, 5.74) is 2.95. The van der Waals surface area contributed by atoms with Gasteiger partial charge >= 0.3 is 0 Å². The lowest BCUT2D eigenvalue weighted by Gasteiger charge is -2.28. The molecule has 2 N–H and O–H groups in total. The molecule has 9 nitrogen and oxygen atoms in total. The molecule has 1 amide bonds. The van der Waals surface area contributed by atoms with E-state index in [4.69, 9.17) is 21.1 Å². The van der Waals surface area contributed by atoms with Crippen molar-refractivity contribution < 1.29 is 22.7 Å². The van der Waals surface area contributed by atoms with Gasteiger partial charge in [0.05, 0.1) is 23.5 Å². The number of pyridine rings is 1. The summed E-state index contributed by atoms with van der Waals surface area (Å²) >= 11 is 6.14. The van der Waals surface area contributed by atoms with Crippen molar-refractivity contribution in [2.24, 2.45) is 0 Å². The molecule has 3 heterocycles. The number of rotatable bonds is 6. The number of nitrogens with zero attached hydrogens (tertiary/aromatic N) is 2. The summed E-state index contributed by atoms with van der Waals surface area (Å²) < 4.78 is 40.7. The Kier molecular flexibility index (Phi) is 5.94. The molecule has 5 rings (SSSR count). The van der Waals surface area contributed by atoms with E-state index in [1.807, 2.05) is 25.2 Å². The van der Waals surface area contributed by atoms with Crippen LogP contribution in [-0.2, 0) is 27.8 Å². The van der Waals surface area contributed by atoms with Crippen molar-refractivity contribution in [2.75, 3.05) is 35.1 Å². The van der Waals surface area contributed by atoms with Gasteiger partial charge in [-0.3, -0.25) is 9.52 Å². The molecule has 2 aliphatic heterocycles. The number of likely N-dealkylation sites (N-methyl/N-ethyl adjacent to an activating group) is 1. The van der Waals surface area contributed by atoms with Crippen LogP contribution in [0.5, 0.6) is 11.6 Å². The number of amides is 1. The summed E-state index contributed by atoms with van der Waals surface area (Å²) in [6, 6.07) is 12.0. The fourth-order valence-electron chi connectivity index (χ4n) is 4.04. The maximum absolute atomic E-state index is 13.2. The summed E-state index contributed by atoms with van der Waals surface area (Å²) in [4.78, 5) is 18.4. The lowest BCUT2D eigenvalue weighted by molar-refractivity contribution is -0.115. The highest BCUT2D eigenvalue weighted by molar-refractivity contribution is 7.92. The largest absolute Gasteiger partial charge is 0.490 e. The number of carbonyl (C=O) groups excluding carboxylic acids is 1. The fraction of sp³-hybridized carbons (Fsp3) is 0.250. The van der Waals surface area contributed by atoms with E-state index >= 15 is 0 Å². The van der Waals surface area contributed by atoms with Gasteiger partial charge in [0, 0.05) is 17.6 Å². The smallest absolute Gasteiger partial charge is 0.262 e. The molecule has 0 bridgehead atoms. The van der Waals surface area contributed by atoms with E-state index in [-0.39, 0.29) is 35.4 Å². The molecule has 11 heteroatoms. The zero-order valence-electron chi connectivity index (χ0n) is 19.1. The van der Waals surface area contributed by atoms with Gasteiger partial charge in [-0.15, -0.1) is 0 Å². The maximum Gasteiger partial charge on any atom is 0.262 e. The summed E-state index contributed by atoms with van der Waals surface area (Å²) in [6.07, 6.45) is 0.100. The van der Waals surface area contributed by atoms with E-state index in [1.54, 1.807) is 25.1 Å². The minimum Gasteiger partial charge on any atom is -0.490 e. The molecule has 0 radical (unpaired) electrons. The Labute approximate surface area is 208 Å². The van der Waals surface area contributed by atoms with Gasteiger partial charge in [-0.25, -0.2) is 8.42 Å². The summed E-state index contributed by atoms with van der Waals surface area (Å²) in [5.74, 6) is 0.929. The standard InChI is InChI=1S/C24H23ClN4O5S/c1-14-17(25)4-3-5-21(14)35(31,32)28-18-11-16-12-22(30)26-23(16)27-24(18)34-13-15-6-7-19-20(10-15)33-9-8-29(19)2/h3-7,10-11,28H,8-9,12-13H2,1-2H3,(H,26,27,30). The Morgan fingerprint density at radius 3 is 2.91 bits per heavy atom. The Morgan fingerprint density at radius 2 is 2.09 bits per heavy atom. The summed E-state index contributed by atoms with van der Waals surface area (Å²) in [5, 5.41) is 3.01. The van der Waals surface area contributed by atoms with Gasteiger partial charge in [-0.05, 0) is 48.4 Å². The third kappa shape index (κ3) is 4.59. The Bertz CT molecular complexity index is 1440. The zero-order chi connectivity index (χ0) is 24.7. The average molecular weight is 515 g/mol. The number of hydrogen-bond donors (Lipinski definition) is 2. The van der Waals surface area contributed by atoms with Crippen molar-refractivity contribution in [1.82, 2.24) is 4.98 Å². The number of fused-ring (bicyclic) bond motifs is 2. The van der Waals surface area contributed by atoms with Gasteiger partial charge in [-0.2, -0.15) is 4.98 Å². The molecule has 1 aromatic heterocycles. The fourth-order valence-corrected chi connectivity index (χ4v) is 5.58. The lowest BCUT2D eigenvalue weighted by atomic mass is 10.1. The van der Waals surface area contributed by atoms with Crippen LogP contribution >= 0.6 is 11.6 Å². The van der Waals surface area contributed by atoms with E-state index in [0.29, 0.717) is 28.6 Å². The van der Waals surface area contributed by atoms with Crippen LogP contribution in [0.3, 0.4) is 0 Å². The number of halogens is 1. The topological polar surface area (TPSA) is 110 Å². The second-order valence-corrected chi connectivity index (χ2v) is 10.5. The van der Waals surface area contributed by atoms with Crippen molar-refractivity contribution in [2.45, 2.75) is 24.8 Å². The molecule has 35 heavy (non-hydrogen) atoms. The second kappa shape index (κ2) is 8.94. The molecule has 0 spiro atoms. The number of benzene rings is 2. The van der Waals surface area contributed by atoms with Crippen LogP contribution in [0, 0.1) is 6.92 Å². The molecule has 3 aromatic rings. The number of anilines is 3. The van der Waals surface area contributed by atoms with Crippen LogP contribution in [0.4, 0.5) is 17.2 Å². The molecular formula is C24H23ClN4O5S. The minimum atomic E-state index is -4.01. The van der Waals surface area contributed by atoms with Crippen LogP contribution in [0.2, 0.25) is 5.02 Å². The first kappa shape index (κ1) is 23.3. The third-order valence-corrected chi connectivity index (χ3v) is 7.84. The molecule has 0 aliphatic carbocycles. The highest BCUT2D eigenvalue weighted by Crippen LogP contribution is 2.35. The van der Waals surface area contributed by atoms with Crippen molar-refractivity contribution >= 4 is 44.7 Å². The van der Waals surface area contributed by atoms with Crippen LogP contribution in [-0.4, -0.2) is 39.5 Å². The quantitative estimate of drug-likeness (QED) is 0.515. The monoisotopic (exact) mass is 514 g/mol. The van der Waals surface area contributed by atoms with Gasteiger partial charge < -0.3 is 19.7 Å². The predicted molar refractivity (Wildman–Crippen MR) is 133 cm³/mol. The van der Waals surface area contributed by atoms with Gasteiger partial charge in [-0.1, -0.05) is 23.7 Å². The maximum atomic E-state index is 13.2. The predicted octanol–water partition coefficient (Wildman–Crippen LogP) is 3.75. The molecule has 0 fully saturated rings. The normalized spacial score (nSPS) is 14.6. The Balaban J connectivity index is 1.45. The number of sulfonamides is 1. The minimum absolute atomic E-state index is 0.0432. The van der Waals surface area contributed by atoms with Gasteiger partial charge in [0.1, 0.15) is 30.5 Å². The third-order valence-electron chi connectivity index (χ3n) is 5.92. The number of aromatic nitrogens is 1. The molecular weight excluding hydrogens is 492 g/mol. The summed E-state index contributed by atoms with van der Waals surface area (Å²) in [7, 11) is -2.01. The molecule has 0 saturated heterocycles. The van der Waals surface area contributed by atoms with Crippen LogP contribution in [0.15, 0.2) is 47.4 Å². The first-order valence-corrected chi connectivity index (χ1v) is 12.8. The van der Waals surface area contributed by atoms with Crippen molar-refractivity contribution in [3.63, 3.8) is 0 Å². The van der Waals surface area contributed by atoms with Crippen molar-refractivity contribution in [3.05, 3.63) is 64.2 Å². The van der Waals surface area contributed by atoms with Crippen LogP contribution in [0.1, 0.15) is 16.7 Å². The number of ether oxygens (including phenoxy) is 2. The van der Waals surface area contributed by atoms with E-state index < -0.39 is 10.0 Å². The van der Waals surface area contributed by atoms with E-state index in [0.717, 1.165) is 23.5 Å². The molecule has 0 saturated carbocycles. The number of carbonyl (C=O) groups is 1. The SMILES string of the molecule is Cc1c(Cl)cccc1S(=O)(=O)Nc1cc2c(nc1OCc1ccc3c(c1)OCCN3C)NC(=O)C2. The number of nitrogens with one attached hydrogen (secondary N) is 2.